The predicted molar refractivity (Wildman–Crippen MR) is 63.4 cm³/mol. The Labute approximate surface area is 97.9 Å². The number of alkyl halides is 2. The lowest BCUT2D eigenvalue weighted by Crippen LogP contribution is -2.05. The molecule has 0 spiro atoms. The van der Waals surface area contributed by atoms with Crippen molar-refractivity contribution in [2.24, 2.45) is 0 Å². The molecule has 0 saturated carbocycles. The zero-order valence-corrected chi connectivity index (χ0v) is 9.67. The van der Waals surface area contributed by atoms with Gasteiger partial charge in [-0.25, -0.2) is 18.7 Å². The first kappa shape index (κ1) is 11.7. The molecule has 1 aromatic carbocycles. The molecular formula is C12H13F2N3. The van der Waals surface area contributed by atoms with Crippen molar-refractivity contribution in [3.8, 4) is 0 Å². The van der Waals surface area contributed by atoms with Crippen LogP contribution in [0.3, 0.4) is 0 Å². The van der Waals surface area contributed by atoms with Gasteiger partial charge < -0.3 is 5.32 Å². The fourth-order valence-electron chi connectivity index (χ4n) is 1.71. The van der Waals surface area contributed by atoms with Gasteiger partial charge in [0.2, 0.25) is 0 Å². The molecule has 0 atom stereocenters. The molecule has 5 heteroatoms. The SMILES string of the molecule is CCNc1nc(C(F)F)nc2c(C)cccc12. The lowest BCUT2D eigenvalue weighted by molar-refractivity contribution is 0.141. The van der Waals surface area contributed by atoms with E-state index in [1.165, 1.54) is 0 Å². The third kappa shape index (κ3) is 2.18. The van der Waals surface area contributed by atoms with Crippen LogP contribution in [-0.2, 0) is 0 Å². The summed E-state index contributed by atoms with van der Waals surface area (Å²) in [4.78, 5) is 7.78. The van der Waals surface area contributed by atoms with Crippen LogP contribution in [0, 0.1) is 6.92 Å². The van der Waals surface area contributed by atoms with E-state index in [1.807, 2.05) is 32.0 Å². The fourth-order valence-corrected chi connectivity index (χ4v) is 1.71. The van der Waals surface area contributed by atoms with Crippen molar-refractivity contribution >= 4 is 16.7 Å². The molecule has 1 aromatic heterocycles. The van der Waals surface area contributed by atoms with Crippen LogP contribution in [0.25, 0.3) is 10.9 Å². The summed E-state index contributed by atoms with van der Waals surface area (Å²) in [5.74, 6) is 0.0410. The van der Waals surface area contributed by atoms with E-state index in [2.05, 4.69) is 15.3 Å². The van der Waals surface area contributed by atoms with Crippen LogP contribution in [0.15, 0.2) is 18.2 Å². The highest BCUT2D eigenvalue weighted by Gasteiger charge is 2.15. The number of halogens is 2. The van der Waals surface area contributed by atoms with Crippen molar-refractivity contribution in [1.29, 1.82) is 0 Å². The first-order chi connectivity index (χ1) is 8.13. The normalized spacial score (nSPS) is 11.1. The van der Waals surface area contributed by atoms with Crippen molar-refractivity contribution in [2.45, 2.75) is 20.3 Å². The van der Waals surface area contributed by atoms with E-state index < -0.39 is 12.2 Å². The molecular weight excluding hydrogens is 224 g/mol. The highest BCUT2D eigenvalue weighted by molar-refractivity contribution is 5.91. The number of para-hydroxylation sites is 1. The average Bonchev–Trinajstić information content (AvgIpc) is 2.30. The Morgan fingerprint density at radius 1 is 1.29 bits per heavy atom. The molecule has 0 unspecified atom stereocenters. The number of hydrogen-bond donors (Lipinski definition) is 1. The third-order valence-electron chi connectivity index (χ3n) is 2.48. The van der Waals surface area contributed by atoms with Gasteiger partial charge in [0.15, 0.2) is 5.82 Å². The number of benzene rings is 1. The minimum absolute atomic E-state index is 0.428. The van der Waals surface area contributed by atoms with Gasteiger partial charge in [0.05, 0.1) is 5.52 Å². The number of nitrogens with one attached hydrogen (secondary N) is 1. The summed E-state index contributed by atoms with van der Waals surface area (Å²) in [6, 6.07) is 5.54. The molecule has 1 heterocycles. The van der Waals surface area contributed by atoms with Crippen LogP contribution in [0.4, 0.5) is 14.6 Å². The maximum absolute atomic E-state index is 12.7. The molecule has 0 aliphatic rings. The Kier molecular flexibility index (Phi) is 3.17. The van der Waals surface area contributed by atoms with Crippen molar-refractivity contribution in [3.05, 3.63) is 29.6 Å². The Bertz CT molecular complexity index is 541. The molecule has 2 rings (SSSR count). The van der Waals surface area contributed by atoms with Gasteiger partial charge in [-0.2, -0.15) is 0 Å². The van der Waals surface area contributed by atoms with Gasteiger partial charge in [-0.15, -0.1) is 0 Å². The van der Waals surface area contributed by atoms with Gasteiger partial charge in [-0.05, 0) is 25.5 Å². The van der Waals surface area contributed by atoms with Crippen LogP contribution in [0.1, 0.15) is 24.7 Å². The highest BCUT2D eigenvalue weighted by Crippen LogP contribution is 2.26. The molecule has 0 aliphatic carbocycles. The van der Waals surface area contributed by atoms with Crippen LogP contribution < -0.4 is 5.32 Å². The molecule has 0 bridgehead atoms. The van der Waals surface area contributed by atoms with Crippen LogP contribution in [0.5, 0.6) is 0 Å². The lowest BCUT2D eigenvalue weighted by atomic mass is 10.1. The first-order valence-electron chi connectivity index (χ1n) is 5.42. The van der Waals surface area contributed by atoms with Gasteiger partial charge in [0, 0.05) is 11.9 Å². The van der Waals surface area contributed by atoms with Crippen LogP contribution >= 0.6 is 0 Å². The van der Waals surface area contributed by atoms with Crippen LogP contribution in [0.2, 0.25) is 0 Å². The molecule has 3 nitrogen and oxygen atoms in total. The van der Waals surface area contributed by atoms with E-state index >= 15 is 0 Å². The molecule has 0 amide bonds. The minimum Gasteiger partial charge on any atom is -0.370 e. The second-order valence-corrected chi connectivity index (χ2v) is 3.73. The zero-order valence-electron chi connectivity index (χ0n) is 9.67. The summed E-state index contributed by atoms with van der Waals surface area (Å²) in [7, 11) is 0. The quantitative estimate of drug-likeness (QED) is 0.889. The van der Waals surface area contributed by atoms with E-state index in [9.17, 15) is 8.78 Å². The molecule has 0 saturated heterocycles. The van der Waals surface area contributed by atoms with Gasteiger partial charge in [0.25, 0.3) is 6.43 Å². The zero-order chi connectivity index (χ0) is 12.4. The number of anilines is 1. The molecule has 0 aliphatic heterocycles. The minimum atomic E-state index is -2.66. The maximum Gasteiger partial charge on any atom is 0.297 e. The van der Waals surface area contributed by atoms with E-state index in [0.29, 0.717) is 17.9 Å². The van der Waals surface area contributed by atoms with E-state index in [1.54, 1.807) is 0 Å². The number of aromatic nitrogens is 2. The summed E-state index contributed by atoms with van der Waals surface area (Å²) in [6.45, 7) is 4.37. The standard InChI is InChI=1S/C12H13F2N3/c1-3-15-11-8-6-4-5-7(2)9(8)16-12(17-11)10(13)14/h4-6,10H,3H2,1-2H3,(H,15,16,17). The summed E-state index contributed by atoms with van der Waals surface area (Å²) in [6.07, 6.45) is -2.66. The second-order valence-electron chi connectivity index (χ2n) is 3.73. The largest absolute Gasteiger partial charge is 0.370 e. The van der Waals surface area contributed by atoms with Crippen molar-refractivity contribution in [1.82, 2.24) is 9.97 Å². The van der Waals surface area contributed by atoms with E-state index in [0.717, 1.165) is 10.9 Å². The summed E-state index contributed by atoms with van der Waals surface area (Å²) in [5.41, 5.74) is 1.44. The molecule has 2 aromatic rings. The van der Waals surface area contributed by atoms with Crippen molar-refractivity contribution < 1.29 is 8.78 Å². The maximum atomic E-state index is 12.7. The number of rotatable bonds is 3. The Morgan fingerprint density at radius 3 is 2.71 bits per heavy atom. The van der Waals surface area contributed by atoms with Crippen molar-refractivity contribution in [3.63, 3.8) is 0 Å². The van der Waals surface area contributed by atoms with Gasteiger partial charge >= 0.3 is 0 Å². The van der Waals surface area contributed by atoms with Gasteiger partial charge in [-0.3, -0.25) is 0 Å². The number of hydrogen-bond acceptors (Lipinski definition) is 3. The van der Waals surface area contributed by atoms with E-state index in [-0.39, 0.29) is 0 Å². The summed E-state index contributed by atoms with van der Waals surface area (Å²) >= 11 is 0. The Morgan fingerprint density at radius 2 is 2.06 bits per heavy atom. The van der Waals surface area contributed by atoms with Gasteiger partial charge in [-0.1, -0.05) is 12.1 Å². The predicted octanol–water partition coefficient (Wildman–Crippen LogP) is 3.31. The fraction of sp³-hybridized carbons (Fsp3) is 0.333. The third-order valence-corrected chi connectivity index (χ3v) is 2.48. The molecule has 17 heavy (non-hydrogen) atoms. The Balaban J connectivity index is 2.72. The summed E-state index contributed by atoms with van der Waals surface area (Å²) in [5, 5.41) is 3.76. The monoisotopic (exact) mass is 237 g/mol. The number of aryl methyl sites for hydroxylation is 1. The Hall–Kier alpha value is -1.78. The molecule has 1 N–H and O–H groups in total. The smallest absolute Gasteiger partial charge is 0.297 e. The topological polar surface area (TPSA) is 37.8 Å². The molecule has 0 fully saturated rings. The first-order valence-corrected chi connectivity index (χ1v) is 5.42. The number of nitrogens with zero attached hydrogens (tertiary/aromatic N) is 2. The van der Waals surface area contributed by atoms with E-state index in [4.69, 9.17) is 0 Å². The highest BCUT2D eigenvalue weighted by atomic mass is 19.3. The average molecular weight is 237 g/mol. The molecule has 90 valence electrons. The second kappa shape index (κ2) is 4.61. The molecule has 0 radical (unpaired) electrons. The van der Waals surface area contributed by atoms with Crippen molar-refractivity contribution in [2.75, 3.05) is 11.9 Å². The van der Waals surface area contributed by atoms with Gasteiger partial charge in [0.1, 0.15) is 5.82 Å². The summed E-state index contributed by atoms with van der Waals surface area (Å²) < 4.78 is 25.4. The van der Waals surface area contributed by atoms with Crippen LogP contribution in [-0.4, -0.2) is 16.5 Å². The number of fused-ring (bicyclic) bond motifs is 1. The lowest BCUT2D eigenvalue weighted by Gasteiger charge is -2.10.